The summed E-state index contributed by atoms with van der Waals surface area (Å²) in [6.45, 7) is 2.71. The Morgan fingerprint density at radius 3 is 2.72 bits per heavy atom. The van der Waals surface area contributed by atoms with Crippen molar-refractivity contribution in [2.75, 3.05) is 25.8 Å². The predicted molar refractivity (Wildman–Crippen MR) is 98.7 cm³/mol. The average molecular weight is 337 g/mol. The molecule has 1 aliphatic rings. The first kappa shape index (κ1) is 17.2. The van der Waals surface area contributed by atoms with Gasteiger partial charge in [0.2, 0.25) is 0 Å². The number of nitrogens with zero attached hydrogens (tertiary/aromatic N) is 2. The van der Waals surface area contributed by atoms with Crippen molar-refractivity contribution < 1.29 is 9.47 Å². The molecule has 0 radical (unpaired) electrons. The van der Waals surface area contributed by atoms with Crippen LogP contribution in [0.25, 0.3) is 11.3 Å². The molecule has 0 fully saturated rings. The number of hydrogen-bond donors (Lipinski definition) is 1. The molecule has 5 heteroatoms. The highest BCUT2D eigenvalue weighted by Gasteiger charge is 2.22. The Balaban J connectivity index is 2.08. The SMILES string of the molecule is C#Cc1ccc(-c2nnc(NC)c3c2CCCC3)c(OCOCC)c1. The van der Waals surface area contributed by atoms with E-state index < -0.39 is 0 Å². The highest BCUT2D eigenvalue weighted by molar-refractivity contribution is 5.73. The maximum absolute atomic E-state index is 5.82. The standard InChI is InChI=1S/C20H23N3O2/c1-4-14-10-11-17(18(12-14)25-13-24-5-2)19-15-8-6-7-9-16(15)20(21-3)23-22-19/h1,10-12H,5-9,13H2,2-3H3,(H,21,23). The number of fused-ring (bicyclic) bond motifs is 1. The first-order valence-electron chi connectivity index (χ1n) is 8.66. The summed E-state index contributed by atoms with van der Waals surface area (Å²) in [4.78, 5) is 0. The number of ether oxygens (including phenoxy) is 2. The summed E-state index contributed by atoms with van der Waals surface area (Å²) in [6, 6.07) is 5.73. The molecule has 130 valence electrons. The number of anilines is 1. The van der Waals surface area contributed by atoms with Gasteiger partial charge in [0.1, 0.15) is 11.4 Å². The third-order valence-corrected chi connectivity index (χ3v) is 4.43. The predicted octanol–water partition coefficient (Wildman–Crippen LogP) is 3.42. The highest BCUT2D eigenvalue weighted by Crippen LogP contribution is 2.37. The van der Waals surface area contributed by atoms with E-state index in [-0.39, 0.29) is 6.79 Å². The Bertz CT molecular complexity index is 796. The van der Waals surface area contributed by atoms with E-state index in [2.05, 4.69) is 21.4 Å². The largest absolute Gasteiger partial charge is 0.467 e. The van der Waals surface area contributed by atoms with E-state index in [1.54, 1.807) is 0 Å². The minimum Gasteiger partial charge on any atom is -0.467 e. The third kappa shape index (κ3) is 3.59. The lowest BCUT2D eigenvalue weighted by molar-refractivity contribution is 0.0227. The van der Waals surface area contributed by atoms with E-state index in [0.29, 0.717) is 12.4 Å². The number of aromatic nitrogens is 2. The second-order valence-electron chi connectivity index (χ2n) is 5.92. The zero-order valence-corrected chi connectivity index (χ0v) is 14.8. The van der Waals surface area contributed by atoms with Crippen LogP contribution in [0.1, 0.15) is 36.5 Å². The van der Waals surface area contributed by atoms with Gasteiger partial charge in [-0.1, -0.05) is 5.92 Å². The molecule has 25 heavy (non-hydrogen) atoms. The second kappa shape index (κ2) is 8.00. The number of hydrogen-bond acceptors (Lipinski definition) is 5. The minimum atomic E-state index is 0.182. The fraction of sp³-hybridized carbons (Fsp3) is 0.400. The van der Waals surface area contributed by atoms with Gasteiger partial charge >= 0.3 is 0 Å². The molecule has 0 bridgehead atoms. The molecule has 5 nitrogen and oxygen atoms in total. The molecule has 0 amide bonds. The van der Waals surface area contributed by atoms with Gasteiger partial charge < -0.3 is 14.8 Å². The molecule has 0 unspecified atom stereocenters. The van der Waals surface area contributed by atoms with Gasteiger partial charge in [-0.15, -0.1) is 16.6 Å². The van der Waals surface area contributed by atoms with Gasteiger partial charge in [0.15, 0.2) is 12.6 Å². The zero-order chi connectivity index (χ0) is 17.6. The fourth-order valence-corrected chi connectivity index (χ4v) is 3.18. The Hall–Kier alpha value is -2.58. The van der Waals surface area contributed by atoms with E-state index in [1.807, 2.05) is 32.2 Å². The molecular weight excluding hydrogens is 314 g/mol. The van der Waals surface area contributed by atoms with Gasteiger partial charge in [-0.05, 0) is 56.4 Å². The quantitative estimate of drug-likeness (QED) is 0.497. The van der Waals surface area contributed by atoms with Crippen LogP contribution >= 0.6 is 0 Å². The number of nitrogens with one attached hydrogen (secondary N) is 1. The van der Waals surface area contributed by atoms with Gasteiger partial charge in [0.05, 0.1) is 0 Å². The molecule has 0 saturated carbocycles. The third-order valence-electron chi connectivity index (χ3n) is 4.43. The molecular formula is C20H23N3O2. The van der Waals surface area contributed by atoms with Crippen molar-refractivity contribution >= 4 is 5.82 Å². The van der Waals surface area contributed by atoms with Gasteiger partial charge in [-0.25, -0.2) is 0 Å². The lowest BCUT2D eigenvalue weighted by Crippen LogP contribution is -2.12. The Kier molecular flexibility index (Phi) is 5.52. The van der Waals surface area contributed by atoms with Gasteiger partial charge in [-0.3, -0.25) is 0 Å². The minimum absolute atomic E-state index is 0.182. The first-order chi connectivity index (χ1) is 12.3. The summed E-state index contributed by atoms with van der Waals surface area (Å²) in [5.74, 6) is 4.20. The lowest BCUT2D eigenvalue weighted by Gasteiger charge is -2.21. The molecule has 1 aliphatic carbocycles. The molecule has 3 rings (SSSR count). The summed E-state index contributed by atoms with van der Waals surface area (Å²) in [6.07, 6.45) is 9.89. The Morgan fingerprint density at radius 2 is 2.00 bits per heavy atom. The molecule has 2 aromatic rings. The molecule has 1 N–H and O–H groups in total. The summed E-state index contributed by atoms with van der Waals surface area (Å²) in [7, 11) is 1.89. The molecule has 1 heterocycles. The Morgan fingerprint density at radius 1 is 1.20 bits per heavy atom. The van der Waals surface area contributed by atoms with E-state index in [9.17, 15) is 0 Å². The van der Waals surface area contributed by atoms with Crippen molar-refractivity contribution in [1.29, 1.82) is 0 Å². The van der Waals surface area contributed by atoms with Crippen LogP contribution in [0.5, 0.6) is 5.75 Å². The van der Waals surface area contributed by atoms with Crippen LogP contribution in [0.15, 0.2) is 18.2 Å². The summed E-state index contributed by atoms with van der Waals surface area (Å²) < 4.78 is 11.2. The highest BCUT2D eigenvalue weighted by atomic mass is 16.7. The van der Waals surface area contributed by atoms with Crippen LogP contribution < -0.4 is 10.1 Å². The van der Waals surface area contributed by atoms with E-state index in [1.165, 1.54) is 17.5 Å². The maximum Gasteiger partial charge on any atom is 0.189 e. The van der Waals surface area contributed by atoms with Crippen molar-refractivity contribution in [3.05, 3.63) is 34.9 Å². The fourth-order valence-electron chi connectivity index (χ4n) is 3.18. The molecule has 0 aliphatic heterocycles. The smallest absolute Gasteiger partial charge is 0.189 e. The van der Waals surface area contributed by atoms with E-state index in [4.69, 9.17) is 15.9 Å². The molecule has 1 aromatic heterocycles. The molecule has 0 saturated heterocycles. The lowest BCUT2D eigenvalue weighted by atomic mass is 9.89. The van der Waals surface area contributed by atoms with Crippen LogP contribution in [0.4, 0.5) is 5.82 Å². The Labute approximate surface area is 148 Å². The van der Waals surface area contributed by atoms with Crippen LogP contribution in [-0.2, 0) is 17.6 Å². The van der Waals surface area contributed by atoms with Gasteiger partial charge in [0, 0.05) is 30.3 Å². The van der Waals surface area contributed by atoms with Crippen LogP contribution in [0.3, 0.4) is 0 Å². The summed E-state index contributed by atoms with van der Waals surface area (Å²) >= 11 is 0. The summed E-state index contributed by atoms with van der Waals surface area (Å²) in [5.41, 5.74) is 5.07. The van der Waals surface area contributed by atoms with Crippen molar-refractivity contribution in [3.8, 4) is 29.4 Å². The molecule has 1 aromatic carbocycles. The summed E-state index contributed by atoms with van der Waals surface area (Å²) in [5, 5.41) is 12.0. The number of benzene rings is 1. The topological polar surface area (TPSA) is 56.3 Å². The zero-order valence-electron chi connectivity index (χ0n) is 14.8. The van der Waals surface area contributed by atoms with Gasteiger partial charge in [0.25, 0.3) is 0 Å². The van der Waals surface area contributed by atoms with Crippen molar-refractivity contribution in [3.63, 3.8) is 0 Å². The van der Waals surface area contributed by atoms with Crippen LogP contribution in [-0.4, -0.2) is 30.6 Å². The van der Waals surface area contributed by atoms with Crippen molar-refractivity contribution in [1.82, 2.24) is 10.2 Å². The number of rotatable bonds is 6. The first-order valence-corrected chi connectivity index (χ1v) is 8.66. The molecule has 0 atom stereocenters. The van der Waals surface area contributed by atoms with Crippen molar-refractivity contribution in [2.24, 2.45) is 0 Å². The van der Waals surface area contributed by atoms with Crippen molar-refractivity contribution in [2.45, 2.75) is 32.6 Å². The normalized spacial score (nSPS) is 13.0. The number of terminal acetylenes is 1. The average Bonchev–Trinajstić information content (AvgIpc) is 2.67. The maximum atomic E-state index is 5.82. The van der Waals surface area contributed by atoms with Gasteiger partial charge in [-0.2, -0.15) is 0 Å². The van der Waals surface area contributed by atoms with E-state index >= 15 is 0 Å². The molecule has 0 spiro atoms. The van der Waals surface area contributed by atoms with Crippen LogP contribution in [0, 0.1) is 12.3 Å². The van der Waals surface area contributed by atoms with E-state index in [0.717, 1.165) is 41.9 Å². The second-order valence-corrected chi connectivity index (χ2v) is 5.92. The van der Waals surface area contributed by atoms with Crippen LogP contribution in [0.2, 0.25) is 0 Å². The monoisotopic (exact) mass is 337 g/mol.